The SMILES string of the molecule is O=C(N1CCC(Cc2ccccc2Cl)(C(=O)O)CC1)C(F)(F)F. The van der Waals surface area contributed by atoms with Crippen molar-refractivity contribution in [1.29, 1.82) is 0 Å². The van der Waals surface area contributed by atoms with Crippen LogP contribution in [0.3, 0.4) is 0 Å². The van der Waals surface area contributed by atoms with Crippen LogP contribution < -0.4 is 0 Å². The molecule has 1 aliphatic rings. The summed E-state index contributed by atoms with van der Waals surface area (Å²) >= 11 is 6.04. The number of carboxylic acid groups (broad SMARTS) is 1. The molecule has 1 N–H and O–H groups in total. The summed E-state index contributed by atoms with van der Waals surface area (Å²) in [6.45, 7) is -0.482. The summed E-state index contributed by atoms with van der Waals surface area (Å²) < 4.78 is 37.4. The largest absolute Gasteiger partial charge is 0.481 e. The molecule has 8 heteroatoms. The molecule has 1 aromatic rings. The van der Waals surface area contributed by atoms with Crippen molar-refractivity contribution in [2.75, 3.05) is 13.1 Å². The lowest BCUT2D eigenvalue weighted by Crippen LogP contribution is -2.50. The second kappa shape index (κ2) is 6.39. The van der Waals surface area contributed by atoms with E-state index in [4.69, 9.17) is 11.6 Å². The predicted octanol–water partition coefficient (Wildman–Crippen LogP) is 3.14. The molecule has 0 saturated carbocycles. The van der Waals surface area contributed by atoms with Crippen LogP contribution in [0.1, 0.15) is 18.4 Å². The molecule has 0 aromatic heterocycles. The number of aliphatic carboxylic acids is 1. The van der Waals surface area contributed by atoms with E-state index in [9.17, 15) is 27.9 Å². The number of amides is 1. The van der Waals surface area contributed by atoms with E-state index in [0.29, 0.717) is 15.5 Å². The second-order valence-electron chi connectivity index (χ2n) is 5.64. The fourth-order valence-corrected chi connectivity index (χ4v) is 2.99. The first-order valence-corrected chi connectivity index (χ1v) is 7.36. The van der Waals surface area contributed by atoms with E-state index in [-0.39, 0.29) is 32.4 Å². The Morgan fingerprint density at radius 2 is 1.78 bits per heavy atom. The molecule has 1 heterocycles. The highest BCUT2D eigenvalue weighted by molar-refractivity contribution is 6.31. The van der Waals surface area contributed by atoms with Crippen LogP contribution in [-0.2, 0) is 16.0 Å². The third-order valence-corrected chi connectivity index (χ3v) is 4.56. The molecule has 1 amide bonds. The number of nitrogens with zero attached hydrogens (tertiary/aromatic N) is 1. The lowest BCUT2D eigenvalue weighted by atomic mass is 9.73. The van der Waals surface area contributed by atoms with Gasteiger partial charge in [-0.25, -0.2) is 0 Å². The predicted molar refractivity (Wildman–Crippen MR) is 77.1 cm³/mol. The molecular formula is C15H15ClF3NO3. The van der Waals surface area contributed by atoms with Gasteiger partial charge >= 0.3 is 18.1 Å². The summed E-state index contributed by atoms with van der Waals surface area (Å²) in [6.07, 6.45) is -4.91. The number of carbonyl (C=O) groups excluding carboxylic acids is 1. The third kappa shape index (κ3) is 3.77. The van der Waals surface area contributed by atoms with Crippen LogP contribution in [0.2, 0.25) is 5.02 Å². The van der Waals surface area contributed by atoms with Crippen molar-refractivity contribution in [3.63, 3.8) is 0 Å². The molecule has 4 nitrogen and oxygen atoms in total. The van der Waals surface area contributed by atoms with Gasteiger partial charge in [-0.3, -0.25) is 9.59 Å². The molecule has 23 heavy (non-hydrogen) atoms. The van der Waals surface area contributed by atoms with Crippen molar-refractivity contribution in [2.45, 2.75) is 25.4 Å². The molecule has 0 spiro atoms. The van der Waals surface area contributed by atoms with Gasteiger partial charge in [-0.05, 0) is 30.9 Å². The normalized spacial score (nSPS) is 17.8. The minimum atomic E-state index is -4.94. The first-order chi connectivity index (χ1) is 10.7. The van der Waals surface area contributed by atoms with E-state index < -0.39 is 23.5 Å². The summed E-state index contributed by atoms with van der Waals surface area (Å²) in [5.74, 6) is -3.01. The Morgan fingerprint density at radius 1 is 1.22 bits per heavy atom. The molecule has 0 radical (unpaired) electrons. The molecule has 1 saturated heterocycles. The average molecular weight is 350 g/mol. The number of piperidine rings is 1. The van der Waals surface area contributed by atoms with E-state index in [0.717, 1.165) is 0 Å². The Labute approximate surface area is 135 Å². The highest BCUT2D eigenvalue weighted by atomic mass is 35.5. The van der Waals surface area contributed by atoms with Crippen molar-refractivity contribution in [1.82, 2.24) is 4.90 Å². The van der Waals surface area contributed by atoms with Gasteiger partial charge in [-0.2, -0.15) is 13.2 Å². The molecule has 126 valence electrons. The molecule has 0 atom stereocenters. The molecule has 0 bridgehead atoms. The van der Waals surface area contributed by atoms with Gasteiger partial charge in [0.2, 0.25) is 0 Å². The number of likely N-dealkylation sites (tertiary alicyclic amines) is 1. The molecular weight excluding hydrogens is 335 g/mol. The van der Waals surface area contributed by atoms with E-state index in [2.05, 4.69) is 0 Å². The maximum Gasteiger partial charge on any atom is 0.471 e. The zero-order valence-electron chi connectivity index (χ0n) is 12.1. The Kier molecular flexibility index (Phi) is 4.89. The number of alkyl halides is 3. The molecule has 0 unspecified atom stereocenters. The van der Waals surface area contributed by atoms with Crippen LogP contribution in [0.15, 0.2) is 24.3 Å². The van der Waals surface area contributed by atoms with Crippen LogP contribution in [0.5, 0.6) is 0 Å². The number of hydrogen-bond acceptors (Lipinski definition) is 2. The summed E-state index contributed by atoms with van der Waals surface area (Å²) in [4.78, 5) is 23.6. The molecule has 0 aliphatic carbocycles. The zero-order chi connectivity index (χ0) is 17.3. The van der Waals surface area contributed by atoms with Crippen LogP contribution in [0.4, 0.5) is 13.2 Å². The van der Waals surface area contributed by atoms with Crippen molar-refractivity contribution >= 4 is 23.5 Å². The molecule has 2 rings (SSSR count). The summed E-state index contributed by atoms with van der Waals surface area (Å²) in [5.41, 5.74) is -0.583. The van der Waals surface area contributed by atoms with Crippen molar-refractivity contribution < 1.29 is 27.9 Å². The monoisotopic (exact) mass is 349 g/mol. The van der Waals surface area contributed by atoms with Crippen molar-refractivity contribution in [3.8, 4) is 0 Å². The lowest BCUT2D eigenvalue weighted by Gasteiger charge is -2.39. The Balaban J connectivity index is 2.15. The minimum Gasteiger partial charge on any atom is -0.481 e. The van der Waals surface area contributed by atoms with E-state index >= 15 is 0 Å². The van der Waals surface area contributed by atoms with Crippen LogP contribution in [0.25, 0.3) is 0 Å². The third-order valence-electron chi connectivity index (χ3n) is 4.19. The Hall–Kier alpha value is -1.76. The molecule has 1 aliphatic heterocycles. The summed E-state index contributed by atoms with van der Waals surface area (Å²) in [6, 6.07) is 6.76. The molecule has 1 fully saturated rings. The van der Waals surface area contributed by atoms with Crippen molar-refractivity contribution in [2.24, 2.45) is 5.41 Å². The minimum absolute atomic E-state index is 0.0463. The van der Waals surface area contributed by atoms with Gasteiger partial charge in [0.15, 0.2) is 0 Å². The standard InChI is InChI=1S/C15H15ClF3NO3/c16-11-4-2-1-3-10(11)9-14(13(22)23)5-7-20(8-6-14)12(21)15(17,18)19/h1-4H,5-9H2,(H,22,23). The molecule has 1 aromatic carbocycles. The first-order valence-electron chi connectivity index (χ1n) is 6.99. The fourth-order valence-electron chi connectivity index (χ4n) is 2.79. The summed E-state index contributed by atoms with van der Waals surface area (Å²) in [5, 5.41) is 9.98. The number of hydrogen-bond donors (Lipinski definition) is 1. The number of rotatable bonds is 3. The van der Waals surface area contributed by atoms with Crippen LogP contribution in [0, 0.1) is 5.41 Å². The quantitative estimate of drug-likeness (QED) is 0.912. The summed E-state index contributed by atoms with van der Waals surface area (Å²) in [7, 11) is 0. The number of halogens is 4. The van der Waals surface area contributed by atoms with E-state index in [1.807, 2.05) is 0 Å². The maximum absolute atomic E-state index is 12.5. The van der Waals surface area contributed by atoms with Crippen LogP contribution >= 0.6 is 11.6 Å². The topological polar surface area (TPSA) is 57.6 Å². The van der Waals surface area contributed by atoms with Gasteiger partial charge in [-0.15, -0.1) is 0 Å². The fraction of sp³-hybridized carbons (Fsp3) is 0.467. The van der Waals surface area contributed by atoms with Gasteiger partial charge in [0.05, 0.1) is 5.41 Å². The van der Waals surface area contributed by atoms with Gasteiger partial charge in [0.1, 0.15) is 0 Å². The van der Waals surface area contributed by atoms with Gasteiger partial charge in [0, 0.05) is 18.1 Å². The number of carboxylic acids is 1. The van der Waals surface area contributed by atoms with Gasteiger partial charge in [0.25, 0.3) is 0 Å². The Bertz CT molecular complexity index is 610. The average Bonchev–Trinajstić information content (AvgIpc) is 2.48. The second-order valence-corrected chi connectivity index (χ2v) is 6.05. The Morgan fingerprint density at radius 3 is 2.26 bits per heavy atom. The zero-order valence-corrected chi connectivity index (χ0v) is 12.8. The van der Waals surface area contributed by atoms with Gasteiger partial charge in [-0.1, -0.05) is 29.8 Å². The smallest absolute Gasteiger partial charge is 0.471 e. The highest BCUT2D eigenvalue weighted by Gasteiger charge is 2.48. The van der Waals surface area contributed by atoms with Crippen LogP contribution in [-0.4, -0.2) is 41.1 Å². The number of benzene rings is 1. The highest BCUT2D eigenvalue weighted by Crippen LogP contribution is 2.38. The van der Waals surface area contributed by atoms with E-state index in [1.165, 1.54) is 0 Å². The maximum atomic E-state index is 12.5. The van der Waals surface area contributed by atoms with Gasteiger partial charge < -0.3 is 10.0 Å². The first kappa shape index (κ1) is 17.6. The van der Waals surface area contributed by atoms with E-state index in [1.54, 1.807) is 24.3 Å². The lowest BCUT2D eigenvalue weighted by molar-refractivity contribution is -0.188. The number of carbonyl (C=O) groups is 2. The van der Waals surface area contributed by atoms with Crippen molar-refractivity contribution in [3.05, 3.63) is 34.9 Å².